The monoisotopic (exact) mass is 331 g/mol. The maximum Gasteiger partial charge on any atom is 0.242 e. The summed E-state index contributed by atoms with van der Waals surface area (Å²) in [7, 11) is 1.95. The minimum absolute atomic E-state index is 0.00868. The molecule has 1 unspecified atom stereocenters. The minimum atomic E-state index is -0.128. The number of likely N-dealkylation sites (tertiary alicyclic amines) is 1. The Balaban J connectivity index is 1.57. The molecule has 130 valence electrons. The van der Waals surface area contributed by atoms with Gasteiger partial charge in [-0.05, 0) is 50.8 Å². The van der Waals surface area contributed by atoms with Gasteiger partial charge in [-0.25, -0.2) is 0 Å². The van der Waals surface area contributed by atoms with Gasteiger partial charge in [0.25, 0.3) is 0 Å². The zero-order valence-electron chi connectivity index (χ0n) is 14.5. The third-order valence-electron chi connectivity index (χ3n) is 4.74. The van der Waals surface area contributed by atoms with Crippen LogP contribution in [0.25, 0.3) is 0 Å². The van der Waals surface area contributed by atoms with Gasteiger partial charge in [-0.1, -0.05) is 12.1 Å². The minimum Gasteiger partial charge on any atom is -0.360 e. The van der Waals surface area contributed by atoms with Gasteiger partial charge in [-0.15, -0.1) is 0 Å². The Morgan fingerprint density at radius 1 is 1.46 bits per heavy atom. The molecule has 1 aliphatic heterocycles. The number of hydrogen-bond donors (Lipinski definition) is 1. The van der Waals surface area contributed by atoms with E-state index in [-0.39, 0.29) is 11.9 Å². The van der Waals surface area contributed by atoms with E-state index in [9.17, 15) is 4.79 Å². The quantitative estimate of drug-likeness (QED) is 0.910. The molecule has 1 N–H and O–H groups in total. The molecule has 0 spiro atoms. The van der Waals surface area contributed by atoms with Gasteiger partial charge in [0, 0.05) is 19.3 Å². The molecule has 0 aliphatic carbocycles. The van der Waals surface area contributed by atoms with E-state index in [0.29, 0.717) is 17.5 Å². The van der Waals surface area contributed by atoms with Crippen LogP contribution in [0.1, 0.15) is 43.4 Å². The summed E-state index contributed by atoms with van der Waals surface area (Å²) in [4.78, 5) is 14.8. The second-order valence-corrected chi connectivity index (χ2v) is 6.49. The van der Waals surface area contributed by atoms with Crippen molar-refractivity contribution in [2.24, 2.45) is 7.05 Å². The highest BCUT2D eigenvalue weighted by Crippen LogP contribution is 2.29. The predicted molar refractivity (Wildman–Crippen MR) is 90.7 cm³/mol. The summed E-state index contributed by atoms with van der Waals surface area (Å²) < 4.78 is 6.85. The van der Waals surface area contributed by atoms with Crippen molar-refractivity contribution in [3.8, 4) is 0 Å². The van der Waals surface area contributed by atoms with Crippen LogP contribution >= 0.6 is 0 Å². The largest absolute Gasteiger partial charge is 0.360 e. The number of aryl methyl sites for hydroxylation is 2. The Kier molecular flexibility index (Phi) is 4.99. The average Bonchev–Trinajstić information content (AvgIpc) is 3.17. The zero-order valence-corrected chi connectivity index (χ0v) is 14.5. The van der Waals surface area contributed by atoms with E-state index >= 15 is 0 Å². The maximum absolute atomic E-state index is 12.6. The van der Waals surface area contributed by atoms with Crippen molar-refractivity contribution in [1.82, 2.24) is 19.8 Å². The molecule has 24 heavy (non-hydrogen) atoms. The Labute approximate surface area is 142 Å². The summed E-state index contributed by atoms with van der Waals surface area (Å²) in [6, 6.07) is 1.61. The lowest BCUT2D eigenvalue weighted by atomic mass is 9.90. The average molecular weight is 331 g/mol. The number of carbonyl (C=O) groups is 1. The Hall–Kier alpha value is -2.15. The number of nitrogens with zero attached hydrogens (tertiary/aromatic N) is 4. The van der Waals surface area contributed by atoms with E-state index in [2.05, 4.69) is 26.7 Å². The molecule has 0 aromatic carbocycles. The van der Waals surface area contributed by atoms with Crippen LogP contribution in [0.4, 0.5) is 5.82 Å². The fraction of sp³-hybridized carbons (Fsp3) is 0.588. The fourth-order valence-corrected chi connectivity index (χ4v) is 3.44. The van der Waals surface area contributed by atoms with Gasteiger partial charge < -0.3 is 9.84 Å². The Morgan fingerprint density at radius 2 is 2.21 bits per heavy atom. The van der Waals surface area contributed by atoms with Gasteiger partial charge in [-0.3, -0.25) is 14.4 Å². The maximum atomic E-state index is 12.6. The highest BCUT2D eigenvalue weighted by molar-refractivity contribution is 5.94. The first-order valence-electron chi connectivity index (χ1n) is 8.53. The Bertz CT molecular complexity index is 685. The second-order valence-electron chi connectivity index (χ2n) is 6.49. The van der Waals surface area contributed by atoms with E-state index in [1.807, 2.05) is 31.8 Å². The van der Waals surface area contributed by atoms with E-state index < -0.39 is 0 Å². The highest BCUT2D eigenvalue weighted by atomic mass is 16.5. The molecule has 0 radical (unpaired) electrons. The molecular formula is C17H25N5O2. The molecule has 3 heterocycles. The normalized spacial score (nSPS) is 17.8. The van der Waals surface area contributed by atoms with Crippen LogP contribution in [0, 0.1) is 6.92 Å². The van der Waals surface area contributed by atoms with E-state index in [1.54, 1.807) is 6.07 Å². The lowest BCUT2D eigenvalue weighted by molar-refractivity contribution is -0.121. The van der Waals surface area contributed by atoms with Gasteiger partial charge in [0.15, 0.2) is 5.82 Å². The van der Waals surface area contributed by atoms with Crippen molar-refractivity contribution >= 4 is 11.7 Å². The highest BCUT2D eigenvalue weighted by Gasteiger charge is 2.29. The van der Waals surface area contributed by atoms with Gasteiger partial charge in [-0.2, -0.15) is 5.10 Å². The zero-order chi connectivity index (χ0) is 17.1. The molecule has 2 aromatic heterocycles. The number of hydrogen-bond acceptors (Lipinski definition) is 5. The molecule has 1 saturated heterocycles. The standard InChI is InChI=1S/C17H25N5O2/c1-4-15(17(23)19-16-9-12(2)24-20-16)22-7-5-13(6-8-22)14-10-18-21(3)11-14/h9-11,13,15H,4-8H2,1-3H3,(H,19,20,23). The van der Waals surface area contributed by atoms with E-state index in [4.69, 9.17) is 4.52 Å². The smallest absolute Gasteiger partial charge is 0.242 e. The number of aromatic nitrogens is 3. The SMILES string of the molecule is CCC(C(=O)Nc1cc(C)on1)N1CCC(c2cnn(C)c2)CC1. The van der Waals surface area contributed by atoms with Gasteiger partial charge in [0.05, 0.1) is 12.2 Å². The molecule has 0 bridgehead atoms. The molecule has 1 aliphatic rings. The molecular weight excluding hydrogens is 306 g/mol. The first-order chi connectivity index (χ1) is 11.6. The van der Waals surface area contributed by atoms with Crippen molar-refractivity contribution in [3.63, 3.8) is 0 Å². The number of anilines is 1. The van der Waals surface area contributed by atoms with Crippen LogP contribution in [0.3, 0.4) is 0 Å². The number of nitrogens with one attached hydrogen (secondary N) is 1. The number of piperidine rings is 1. The van der Waals surface area contributed by atoms with Crippen LogP contribution < -0.4 is 5.32 Å². The first kappa shape index (κ1) is 16.7. The van der Waals surface area contributed by atoms with Crippen LogP contribution in [-0.4, -0.2) is 44.9 Å². The molecule has 1 amide bonds. The van der Waals surface area contributed by atoms with Crippen molar-refractivity contribution < 1.29 is 9.32 Å². The van der Waals surface area contributed by atoms with Gasteiger partial charge in [0.2, 0.25) is 5.91 Å². The topological polar surface area (TPSA) is 76.2 Å². The molecule has 1 fully saturated rings. The molecule has 7 heteroatoms. The van der Waals surface area contributed by atoms with Gasteiger partial charge >= 0.3 is 0 Å². The molecule has 3 rings (SSSR count). The second kappa shape index (κ2) is 7.17. The Morgan fingerprint density at radius 3 is 2.75 bits per heavy atom. The van der Waals surface area contributed by atoms with Crippen LogP contribution in [-0.2, 0) is 11.8 Å². The molecule has 1 atom stereocenters. The third-order valence-corrected chi connectivity index (χ3v) is 4.74. The summed E-state index contributed by atoms with van der Waals surface area (Å²) in [5.41, 5.74) is 1.30. The van der Waals surface area contributed by atoms with E-state index in [1.165, 1.54) is 5.56 Å². The predicted octanol–water partition coefficient (Wildman–Crippen LogP) is 2.31. The third kappa shape index (κ3) is 3.67. The number of rotatable bonds is 5. The summed E-state index contributed by atoms with van der Waals surface area (Å²) in [5, 5.41) is 11.0. The fourth-order valence-electron chi connectivity index (χ4n) is 3.44. The van der Waals surface area contributed by atoms with Crippen molar-refractivity contribution in [1.29, 1.82) is 0 Å². The van der Waals surface area contributed by atoms with Gasteiger partial charge in [0.1, 0.15) is 5.76 Å². The summed E-state index contributed by atoms with van der Waals surface area (Å²) >= 11 is 0. The van der Waals surface area contributed by atoms with Crippen molar-refractivity contribution in [3.05, 3.63) is 29.8 Å². The molecule has 2 aromatic rings. The van der Waals surface area contributed by atoms with Crippen molar-refractivity contribution in [2.45, 2.75) is 45.1 Å². The lowest BCUT2D eigenvalue weighted by Crippen LogP contribution is -2.47. The lowest BCUT2D eigenvalue weighted by Gasteiger charge is -2.36. The van der Waals surface area contributed by atoms with Crippen LogP contribution in [0.5, 0.6) is 0 Å². The molecule has 7 nitrogen and oxygen atoms in total. The summed E-state index contributed by atoms with van der Waals surface area (Å²) in [6.45, 7) is 5.70. The van der Waals surface area contributed by atoms with Crippen LogP contribution in [0.2, 0.25) is 0 Å². The number of amides is 1. The summed E-state index contributed by atoms with van der Waals surface area (Å²) in [6.07, 6.45) is 6.94. The summed E-state index contributed by atoms with van der Waals surface area (Å²) in [5.74, 6) is 1.70. The van der Waals surface area contributed by atoms with Crippen LogP contribution in [0.15, 0.2) is 23.0 Å². The van der Waals surface area contributed by atoms with E-state index in [0.717, 1.165) is 32.4 Å². The number of carbonyl (C=O) groups excluding carboxylic acids is 1. The van der Waals surface area contributed by atoms with Crippen molar-refractivity contribution in [2.75, 3.05) is 18.4 Å². The first-order valence-corrected chi connectivity index (χ1v) is 8.53. The molecule has 0 saturated carbocycles.